The number of carbonyl (C=O) groups is 1. The van der Waals surface area contributed by atoms with Gasteiger partial charge >= 0.3 is 0 Å². The highest BCUT2D eigenvalue weighted by Crippen LogP contribution is 2.24. The van der Waals surface area contributed by atoms with E-state index >= 15 is 0 Å². The molecule has 1 unspecified atom stereocenters. The fourth-order valence-corrected chi connectivity index (χ4v) is 2.95. The molecule has 0 radical (unpaired) electrons. The number of benzene rings is 2. The van der Waals surface area contributed by atoms with E-state index in [9.17, 15) is 4.79 Å². The quantitative estimate of drug-likeness (QED) is 0.652. The number of amides is 1. The lowest BCUT2D eigenvalue weighted by Gasteiger charge is -2.20. The first kappa shape index (κ1) is 19.5. The fraction of sp³-hybridized carbons (Fsp3) is 0.273. The molecule has 0 aliphatic heterocycles. The number of imidazole rings is 1. The minimum absolute atomic E-state index is 0.0731. The van der Waals surface area contributed by atoms with Crippen molar-refractivity contribution in [2.24, 2.45) is 7.05 Å². The van der Waals surface area contributed by atoms with Gasteiger partial charge in [0.25, 0.3) is 5.91 Å². The summed E-state index contributed by atoms with van der Waals surface area (Å²) in [6, 6.07) is 14.9. The Morgan fingerprint density at radius 3 is 2.61 bits per heavy atom. The normalized spacial score (nSPS) is 11.7. The summed E-state index contributed by atoms with van der Waals surface area (Å²) in [5, 5.41) is 3.02. The smallest absolute Gasteiger partial charge is 0.258 e. The summed E-state index contributed by atoms with van der Waals surface area (Å²) >= 11 is 0. The van der Waals surface area contributed by atoms with Gasteiger partial charge in [0.1, 0.15) is 23.4 Å². The van der Waals surface area contributed by atoms with Gasteiger partial charge in [-0.3, -0.25) is 4.79 Å². The molecule has 146 valence electrons. The predicted octanol–water partition coefficient (Wildman–Crippen LogP) is 3.28. The fourth-order valence-electron chi connectivity index (χ4n) is 2.95. The summed E-state index contributed by atoms with van der Waals surface area (Å²) in [6.07, 6.45) is 4.52. The van der Waals surface area contributed by atoms with Crippen LogP contribution in [0.3, 0.4) is 0 Å². The molecule has 6 heteroatoms. The number of aryl methyl sites for hydroxylation is 2. The summed E-state index contributed by atoms with van der Waals surface area (Å²) in [4.78, 5) is 17.0. The molecule has 0 saturated carbocycles. The molecular formula is C22H25N3O3. The van der Waals surface area contributed by atoms with Gasteiger partial charge in [-0.15, -0.1) is 0 Å². The van der Waals surface area contributed by atoms with E-state index in [2.05, 4.69) is 17.2 Å². The first-order valence-corrected chi connectivity index (χ1v) is 9.23. The number of hydrogen-bond donors (Lipinski definition) is 1. The van der Waals surface area contributed by atoms with Crippen molar-refractivity contribution >= 4 is 5.91 Å². The van der Waals surface area contributed by atoms with Crippen molar-refractivity contribution < 1.29 is 14.3 Å². The molecule has 0 aliphatic rings. The van der Waals surface area contributed by atoms with Gasteiger partial charge in [-0.2, -0.15) is 0 Å². The van der Waals surface area contributed by atoms with E-state index in [1.165, 1.54) is 5.56 Å². The molecule has 6 nitrogen and oxygen atoms in total. The maximum absolute atomic E-state index is 12.6. The molecule has 3 aromatic rings. The third-order valence-corrected chi connectivity index (χ3v) is 4.55. The van der Waals surface area contributed by atoms with Crippen LogP contribution in [0.5, 0.6) is 11.5 Å². The van der Waals surface area contributed by atoms with Gasteiger partial charge < -0.3 is 19.4 Å². The van der Waals surface area contributed by atoms with E-state index in [1.807, 2.05) is 66.3 Å². The van der Waals surface area contributed by atoms with Crippen molar-refractivity contribution in [3.05, 3.63) is 77.9 Å². The van der Waals surface area contributed by atoms with Crippen molar-refractivity contribution in [2.45, 2.75) is 19.4 Å². The number of nitrogens with zero attached hydrogens (tertiary/aromatic N) is 2. The third kappa shape index (κ3) is 4.71. The van der Waals surface area contributed by atoms with E-state index < -0.39 is 6.04 Å². The maximum Gasteiger partial charge on any atom is 0.258 e. The van der Waals surface area contributed by atoms with Crippen LogP contribution < -0.4 is 14.8 Å². The summed E-state index contributed by atoms with van der Waals surface area (Å²) < 4.78 is 12.8. The zero-order valence-corrected chi connectivity index (χ0v) is 16.4. The van der Waals surface area contributed by atoms with Crippen molar-refractivity contribution in [3.8, 4) is 11.5 Å². The number of nitrogens with one attached hydrogen (secondary N) is 1. The Morgan fingerprint density at radius 1 is 1.18 bits per heavy atom. The second-order valence-electron chi connectivity index (χ2n) is 6.46. The van der Waals surface area contributed by atoms with Crippen molar-refractivity contribution in [1.82, 2.24) is 14.9 Å². The maximum atomic E-state index is 12.6. The van der Waals surface area contributed by atoms with E-state index in [0.29, 0.717) is 5.75 Å². The summed E-state index contributed by atoms with van der Waals surface area (Å²) in [5.41, 5.74) is 2.11. The van der Waals surface area contributed by atoms with Crippen LogP contribution in [-0.2, 0) is 18.3 Å². The minimum Gasteiger partial charge on any atom is -0.497 e. The SMILES string of the molecule is CCc1ccc(OCC(=O)NC(c2cccc(OC)c2)c2nccn2C)cc1. The predicted molar refractivity (Wildman–Crippen MR) is 108 cm³/mol. The Balaban J connectivity index is 1.73. The molecular weight excluding hydrogens is 354 g/mol. The molecule has 1 amide bonds. The molecule has 0 bridgehead atoms. The van der Waals surface area contributed by atoms with Gasteiger partial charge in [0, 0.05) is 19.4 Å². The third-order valence-electron chi connectivity index (χ3n) is 4.55. The van der Waals surface area contributed by atoms with Crippen LogP contribution in [-0.4, -0.2) is 29.2 Å². The van der Waals surface area contributed by atoms with E-state index in [-0.39, 0.29) is 12.5 Å². The number of methoxy groups -OCH3 is 1. The van der Waals surface area contributed by atoms with Crippen molar-refractivity contribution in [1.29, 1.82) is 0 Å². The zero-order valence-electron chi connectivity index (χ0n) is 16.4. The highest BCUT2D eigenvalue weighted by atomic mass is 16.5. The van der Waals surface area contributed by atoms with Gasteiger partial charge in [-0.25, -0.2) is 4.98 Å². The van der Waals surface area contributed by atoms with Crippen LogP contribution in [0.2, 0.25) is 0 Å². The Labute approximate surface area is 165 Å². The van der Waals surface area contributed by atoms with Gasteiger partial charge in [-0.1, -0.05) is 31.2 Å². The molecule has 0 aliphatic carbocycles. The second kappa shape index (κ2) is 9.08. The Kier molecular flexibility index (Phi) is 6.32. The lowest BCUT2D eigenvalue weighted by atomic mass is 10.1. The van der Waals surface area contributed by atoms with Gasteiger partial charge in [0.2, 0.25) is 0 Å². The lowest BCUT2D eigenvalue weighted by molar-refractivity contribution is -0.123. The highest BCUT2D eigenvalue weighted by molar-refractivity contribution is 5.78. The average molecular weight is 379 g/mol. The largest absolute Gasteiger partial charge is 0.497 e. The summed E-state index contributed by atoms with van der Waals surface area (Å²) in [6.45, 7) is 2.02. The van der Waals surface area contributed by atoms with Crippen molar-refractivity contribution in [3.63, 3.8) is 0 Å². The van der Waals surface area contributed by atoms with Gasteiger partial charge in [0.05, 0.1) is 7.11 Å². The van der Waals surface area contributed by atoms with Crippen LogP contribution in [0.25, 0.3) is 0 Å². The Bertz CT molecular complexity index is 919. The van der Waals surface area contributed by atoms with Crippen LogP contribution in [0.15, 0.2) is 60.9 Å². The van der Waals surface area contributed by atoms with Crippen molar-refractivity contribution in [2.75, 3.05) is 13.7 Å². The topological polar surface area (TPSA) is 65.4 Å². The molecule has 1 atom stereocenters. The first-order chi connectivity index (χ1) is 13.6. The Morgan fingerprint density at radius 2 is 1.96 bits per heavy atom. The van der Waals surface area contributed by atoms with E-state index in [1.54, 1.807) is 13.3 Å². The van der Waals surface area contributed by atoms with Gasteiger partial charge in [-0.05, 0) is 41.8 Å². The monoisotopic (exact) mass is 379 g/mol. The molecule has 1 aromatic heterocycles. The van der Waals surface area contributed by atoms with E-state index in [0.717, 1.165) is 23.6 Å². The average Bonchev–Trinajstić information content (AvgIpc) is 3.16. The molecule has 1 N–H and O–H groups in total. The number of carbonyl (C=O) groups excluding carboxylic acids is 1. The number of hydrogen-bond acceptors (Lipinski definition) is 4. The van der Waals surface area contributed by atoms with Crippen LogP contribution in [0, 0.1) is 0 Å². The molecule has 28 heavy (non-hydrogen) atoms. The second-order valence-corrected chi connectivity index (χ2v) is 6.46. The molecule has 0 saturated heterocycles. The zero-order chi connectivity index (χ0) is 19.9. The number of rotatable bonds is 8. The highest BCUT2D eigenvalue weighted by Gasteiger charge is 2.21. The lowest BCUT2D eigenvalue weighted by Crippen LogP contribution is -2.34. The number of ether oxygens (including phenoxy) is 2. The Hall–Kier alpha value is -3.28. The van der Waals surface area contributed by atoms with Crippen LogP contribution in [0.1, 0.15) is 29.9 Å². The molecule has 2 aromatic carbocycles. The molecule has 3 rings (SSSR count). The first-order valence-electron chi connectivity index (χ1n) is 9.23. The number of aromatic nitrogens is 2. The van der Waals surface area contributed by atoms with Crippen LogP contribution >= 0.6 is 0 Å². The molecule has 1 heterocycles. The molecule has 0 spiro atoms. The van der Waals surface area contributed by atoms with Gasteiger partial charge in [0.15, 0.2) is 6.61 Å². The van der Waals surface area contributed by atoms with E-state index in [4.69, 9.17) is 9.47 Å². The summed E-state index contributed by atoms with van der Waals surface area (Å²) in [7, 11) is 3.51. The minimum atomic E-state index is -0.409. The standard InChI is InChI=1S/C22H25N3O3/c1-4-16-8-10-18(11-9-16)28-15-20(26)24-21(22-23-12-13-25(22)2)17-6-5-7-19(14-17)27-3/h5-14,21H,4,15H2,1-3H3,(H,24,26). The molecule has 0 fully saturated rings. The van der Waals surface area contributed by atoms with Crippen LogP contribution in [0.4, 0.5) is 0 Å². The summed E-state index contributed by atoms with van der Waals surface area (Å²) in [5.74, 6) is 1.89.